The second-order valence-electron chi connectivity index (χ2n) is 3.24. The van der Waals surface area contributed by atoms with Crippen molar-refractivity contribution in [1.82, 2.24) is 5.32 Å². The van der Waals surface area contributed by atoms with Crippen molar-refractivity contribution in [3.05, 3.63) is 34.1 Å². The largest absolute Gasteiger partial charge is 0.296 e. The smallest absolute Gasteiger partial charge is 0.272 e. The van der Waals surface area contributed by atoms with Crippen LogP contribution in [0, 0.1) is 5.82 Å². The lowest BCUT2D eigenvalue weighted by molar-refractivity contribution is -0.113. The molecule has 1 aromatic carbocycles. The molecule has 6 heteroatoms. The minimum atomic E-state index is -0.336. The maximum absolute atomic E-state index is 13.0. The number of thiocarbonyl (C=S) groups is 1. The van der Waals surface area contributed by atoms with Crippen molar-refractivity contribution in [2.24, 2.45) is 4.99 Å². The summed E-state index contributed by atoms with van der Waals surface area (Å²) in [7, 11) is 0. The fraction of sp³-hybridized carbons (Fsp3) is 0.100. The average Bonchev–Trinajstić information content (AvgIpc) is 2.51. The number of rotatable bonds is 2. The van der Waals surface area contributed by atoms with Crippen molar-refractivity contribution >= 4 is 44.9 Å². The standard InChI is InChI=1S/C10H6BrFN2OS/c11-6-3-5(1-2-7(6)12)4-8-9(15)14-10(16)13-8/h1-3H,4H2,(H,14,15,16). The fourth-order valence-electron chi connectivity index (χ4n) is 1.33. The van der Waals surface area contributed by atoms with Gasteiger partial charge in [-0.2, -0.15) is 0 Å². The number of hydrogen-bond acceptors (Lipinski definition) is 2. The van der Waals surface area contributed by atoms with E-state index in [0.29, 0.717) is 16.6 Å². The number of amides is 1. The summed E-state index contributed by atoms with van der Waals surface area (Å²) in [6, 6.07) is 4.56. The van der Waals surface area contributed by atoms with Crippen LogP contribution in [-0.4, -0.2) is 16.7 Å². The third-order valence-electron chi connectivity index (χ3n) is 2.07. The molecule has 0 spiro atoms. The molecule has 0 saturated carbocycles. The van der Waals surface area contributed by atoms with Crippen LogP contribution in [0.25, 0.3) is 0 Å². The lowest BCUT2D eigenvalue weighted by Crippen LogP contribution is -2.26. The van der Waals surface area contributed by atoms with Crippen molar-refractivity contribution in [2.45, 2.75) is 6.42 Å². The summed E-state index contributed by atoms with van der Waals surface area (Å²) in [6.07, 6.45) is 0.338. The van der Waals surface area contributed by atoms with E-state index in [-0.39, 0.29) is 16.8 Å². The molecule has 1 aromatic rings. The van der Waals surface area contributed by atoms with Crippen LogP contribution in [0.1, 0.15) is 5.56 Å². The molecule has 0 atom stereocenters. The zero-order valence-electron chi connectivity index (χ0n) is 7.96. The minimum absolute atomic E-state index is 0.182. The number of aliphatic imine (C=N–C) groups is 1. The molecule has 0 saturated heterocycles. The second kappa shape index (κ2) is 4.39. The molecule has 3 nitrogen and oxygen atoms in total. The maximum atomic E-state index is 13.0. The lowest BCUT2D eigenvalue weighted by atomic mass is 10.1. The van der Waals surface area contributed by atoms with Crippen LogP contribution >= 0.6 is 28.1 Å². The Balaban J connectivity index is 2.21. The van der Waals surface area contributed by atoms with Crippen LogP contribution < -0.4 is 5.32 Å². The summed E-state index contributed by atoms with van der Waals surface area (Å²) in [5.74, 6) is -0.623. The molecule has 82 valence electrons. The van der Waals surface area contributed by atoms with Gasteiger partial charge in [-0.05, 0) is 45.8 Å². The monoisotopic (exact) mass is 300 g/mol. The van der Waals surface area contributed by atoms with E-state index >= 15 is 0 Å². The summed E-state index contributed by atoms with van der Waals surface area (Å²) < 4.78 is 13.3. The second-order valence-corrected chi connectivity index (χ2v) is 4.48. The van der Waals surface area contributed by atoms with Gasteiger partial charge in [-0.3, -0.25) is 10.1 Å². The Hall–Kier alpha value is -1.14. The number of hydrogen-bond donors (Lipinski definition) is 1. The van der Waals surface area contributed by atoms with Crippen molar-refractivity contribution < 1.29 is 9.18 Å². The van der Waals surface area contributed by atoms with E-state index in [1.54, 1.807) is 12.1 Å². The zero-order chi connectivity index (χ0) is 11.7. The highest BCUT2D eigenvalue weighted by atomic mass is 79.9. The first-order valence-corrected chi connectivity index (χ1v) is 5.63. The highest BCUT2D eigenvalue weighted by molar-refractivity contribution is 9.10. The number of carbonyl (C=O) groups excluding carboxylic acids is 1. The molecule has 0 fully saturated rings. The van der Waals surface area contributed by atoms with Gasteiger partial charge in [-0.15, -0.1) is 0 Å². The molecule has 0 radical (unpaired) electrons. The van der Waals surface area contributed by atoms with Crippen molar-refractivity contribution in [3.8, 4) is 0 Å². The van der Waals surface area contributed by atoms with Crippen LogP contribution in [0.4, 0.5) is 4.39 Å². The topological polar surface area (TPSA) is 41.5 Å². The molecule has 1 heterocycles. The first-order valence-electron chi connectivity index (χ1n) is 4.43. The number of nitrogens with one attached hydrogen (secondary N) is 1. The molecule has 1 amide bonds. The summed E-state index contributed by atoms with van der Waals surface area (Å²) in [6.45, 7) is 0. The molecule has 0 aliphatic carbocycles. The van der Waals surface area contributed by atoms with Gasteiger partial charge in [0.25, 0.3) is 5.91 Å². The minimum Gasteiger partial charge on any atom is -0.296 e. The van der Waals surface area contributed by atoms with E-state index in [4.69, 9.17) is 12.2 Å². The predicted molar refractivity (Wildman–Crippen MR) is 66.0 cm³/mol. The summed E-state index contributed by atoms with van der Waals surface area (Å²) in [5.41, 5.74) is 1.15. The third-order valence-corrected chi connectivity index (χ3v) is 2.88. The van der Waals surface area contributed by atoms with Gasteiger partial charge in [0.15, 0.2) is 5.11 Å². The van der Waals surface area contributed by atoms with Gasteiger partial charge < -0.3 is 0 Å². The molecule has 1 aliphatic heterocycles. The van der Waals surface area contributed by atoms with E-state index in [9.17, 15) is 9.18 Å². The van der Waals surface area contributed by atoms with Crippen LogP contribution in [0.15, 0.2) is 27.7 Å². The molecule has 0 bridgehead atoms. The highest BCUT2D eigenvalue weighted by Crippen LogP contribution is 2.17. The van der Waals surface area contributed by atoms with Gasteiger partial charge in [-0.1, -0.05) is 6.07 Å². The van der Waals surface area contributed by atoms with E-state index in [1.807, 2.05) is 0 Å². The first kappa shape index (κ1) is 11.3. The van der Waals surface area contributed by atoms with Crippen molar-refractivity contribution in [3.63, 3.8) is 0 Å². The van der Waals surface area contributed by atoms with Gasteiger partial charge in [0.05, 0.1) is 4.47 Å². The van der Waals surface area contributed by atoms with E-state index in [1.165, 1.54) is 6.07 Å². The number of carbonyl (C=O) groups is 1. The Bertz CT molecular complexity index is 516. The SMILES string of the molecule is O=C1NC(=S)N=C1Cc1ccc(F)c(Br)c1. The third kappa shape index (κ3) is 2.33. The van der Waals surface area contributed by atoms with Gasteiger partial charge in [0, 0.05) is 6.42 Å². The van der Waals surface area contributed by atoms with Gasteiger partial charge in [0.1, 0.15) is 11.5 Å². The molecule has 1 aliphatic rings. The number of nitrogens with zero attached hydrogens (tertiary/aromatic N) is 1. The Kier molecular flexibility index (Phi) is 3.11. The molecule has 0 unspecified atom stereocenters. The maximum Gasteiger partial charge on any atom is 0.272 e. The van der Waals surface area contributed by atoms with E-state index in [2.05, 4.69) is 26.2 Å². The van der Waals surface area contributed by atoms with Gasteiger partial charge >= 0.3 is 0 Å². The molecule has 16 heavy (non-hydrogen) atoms. The van der Waals surface area contributed by atoms with Crippen molar-refractivity contribution in [2.75, 3.05) is 0 Å². The molecular formula is C10H6BrFN2OS. The Morgan fingerprint density at radius 3 is 2.81 bits per heavy atom. The zero-order valence-corrected chi connectivity index (χ0v) is 10.4. The average molecular weight is 301 g/mol. The molecule has 0 aromatic heterocycles. The number of benzene rings is 1. The van der Waals surface area contributed by atoms with Crippen LogP contribution in [0.2, 0.25) is 0 Å². The quantitative estimate of drug-likeness (QED) is 0.849. The molecule has 1 N–H and O–H groups in total. The molecular weight excluding hydrogens is 295 g/mol. The predicted octanol–water partition coefficient (Wildman–Crippen LogP) is 1.99. The Morgan fingerprint density at radius 2 is 2.25 bits per heavy atom. The lowest BCUT2D eigenvalue weighted by Gasteiger charge is -2.01. The Labute approximate surface area is 105 Å². The van der Waals surface area contributed by atoms with E-state index < -0.39 is 0 Å². The first-order chi connectivity index (χ1) is 7.56. The van der Waals surface area contributed by atoms with Crippen LogP contribution in [-0.2, 0) is 11.2 Å². The summed E-state index contributed by atoms with van der Waals surface area (Å²) in [5, 5.41) is 2.60. The van der Waals surface area contributed by atoms with Gasteiger partial charge in [0.2, 0.25) is 0 Å². The summed E-state index contributed by atoms with van der Waals surface area (Å²) >= 11 is 7.83. The molecule has 2 rings (SSSR count). The van der Waals surface area contributed by atoms with E-state index in [0.717, 1.165) is 5.56 Å². The van der Waals surface area contributed by atoms with Crippen LogP contribution in [0.3, 0.4) is 0 Å². The summed E-state index contributed by atoms with van der Waals surface area (Å²) in [4.78, 5) is 15.2. The number of halogens is 2. The Morgan fingerprint density at radius 1 is 1.50 bits per heavy atom. The fourth-order valence-corrected chi connectivity index (χ4v) is 1.96. The van der Waals surface area contributed by atoms with Crippen molar-refractivity contribution in [1.29, 1.82) is 0 Å². The highest BCUT2D eigenvalue weighted by Gasteiger charge is 2.20. The van der Waals surface area contributed by atoms with Gasteiger partial charge in [-0.25, -0.2) is 9.38 Å². The van der Waals surface area contributed by atoms with Crippen LogP contribution in [0.5, 0.6) is 0 Å². The normalized spacial score (nSPS) is 15.0.